The van der Waals surface area contributed by atoms with Gasteiger partial charge in [0.25, 0.3) is 5.91 Å². The molecule has 1 fully saturated rings. The minimum Gasteiger partial charge on any atom is -0.367 e. The number of nitrogens with zero attached hydrogens (tertiary/aromatic N) is 2. The van der Waals surface area contributed by atoms with Crippen molar-refractivity contribution in [2.75, 3.05) is 30.4 Å². The Hall–Kier alpha value is -2.20. The zero-order valence-electron chi connectivity index (χ0n) is 17.0. The van der Waals surface area contributed by atoms with Crippen LogP contribution in [0.5, 0.6) is 0 Å². The maximum absolute atomic E-state index is 14.3. The number of hydrogen-bond acceptors (Lipinski definition) is 3. The average molecular weight is 506 g/mol. The zero-order valence-corrected chi connectivity index (χ0v) is 18.6. The van der Waals surface area contributed by atoms with Crippen molar-refractivity contribution in [3.05, 3.63) is 57.6 Å². The third-order valence-electron chi connectivity index (χ3n) is 5.52. The molecule has 31 heavy (non-hydrogen) atoms. The van der Waals surface area contributed by atoms with Gasteiger partial charge in [0.2, 0.25) is 0 Å². The first-order chi connectivity index (χ1) is 14.4. The van der Waals surface area contributed by atoms with Crippen molar-refractivity contribution in [2.24, 2.45) is 0 Å². The van der Waals surface area contributed by atoms with E-state index in [1.807, 2.05) is 25.8 Å². The second-order valence-electron chi connectivity index (χ2n) is 7.69. The molecule has 168 valence electrons. The van der Waals surface area contributed by atoms with Crippen LogP contribution in [-0.2, 0) is 6.18 Å². The Balaban J connectivity index is 1.99. The number of carbonyl (C=O) groups is 1. The summed E-state index contributed by atoms with van der Waals surface area (Å²) in [4.78, 5) is 16.8. The molecular weight excluding hydrogens is 485 g/mol. The van der Waals surface area contributed by atoms with Gasteiger partial charge in [-0.3, -0.25) is 9.69 Å². The standard InChI is InChI=1S/C21H21BrF5N3O/c1-11-9-30(10-12(2)29(11)3)19-8-17(24)16(22)7-18(19)28-20(31)14-5-4-13(23)6-15(14)21(25,26)27/h4-8,11-12H,9-10H2,1-3H3,(H,28,31)/t11-,12+. The zero-order chi connectivity index (χ0) is 23.1. The molecule has 1 amide bonds. The lowest BCUT2D eigenvalue weighted by molar-refractivity contribution is -0.138. The molecule has 0 unspecified atom stereocenters. The summed E-state index contributed by atoms with van der Waals surface area (Å²) < 4.78 is 67.7. The molecule has 0 saturated carbocycles. The number of alkyl halides is 3. The van der Waals surface area contributed by atoms with E-state index in [0.29, 0.717) is 18.8 Å². The minimum absolute atomic E-state index is 0.0527. The summed E-state index contributed by atoms with van der Waals surface area (Å²) in [7, 11) is 1.98. The van der Waals surface area contributed by atoms with Crippen LogP contribution in [0.2, 0.25) is 0 Å². The molecule has 2 atom stereocenters. The predicted octanol–water partition coefficient (Wildman–Crippen LogP) is 5.53. The number of rotatable bonds is 3. The number of anilines is 2. The van der Waals surface area contributed by atoms with Gasteiger partial charge in [0.1, 0.15) is 11.6 Å². The lowest BCUT2D eigenvalue weighted by Crippen LogP contribution is -2.55. The van der Waals surface area contributed by atoms with E-state index in [4.69, 9.17) is 0 Å². The smallest absolute Gasteiger partial charge is 0.367 e. The van der Waals surface area contributed by atoms with E-state index in [0.717, 1.165) is 12.1 Å². The number of amides is 1. The largest absolute Gasteiger partial charge is 0.417 e. The average Bonchev–Trinajstić information content (AvgIpc) is 2.67. The van der Waals surface area contributed by atoms with Gasteiger partial charge in [-0.1, -0.05) is 0 Å². The summed E-state index contributed by atoms with van der Waals surface area (Å²) in [6.07, 6.45) is -4.91. The van der Waals surface area contributed by atoms with Crippen molar-refractivity contribution in [1.82, 2.24) is 4.90 Å². The highest BCUT2D eigenvalue weighted by Crippen LogP contribution is 2.36. The van der Waals surface area contributed by atoms with E-state index in [-0.39, 0.29) is 28.3 Å². The highest BCUT2D eigenvalue weighted by Gasteiger charge is 2.36. The molecule has 1 N–H and O–H groups in total. The first-order valence-electron chi connectivity index (χ1n) is 9.52. The van der Waals surface area contributed by atoms with Gasteiger partial charge in [-0.15, -0.1) is 0 Å². The van der Waals surface area contributed by atoms with Gasteiger partial charge in [-0.2, -0.15) is 13.2 Å². The van der Waals surface area contributed by atoms with Crippen LogP contribution in [0.3, 0.4) is 0 Å². The van der Waals surface area contributed by atoms with Crippen molar-refractivity contribution in [2.45, 2.75) is 32.1 Å². The molecular formula is C21H21BrF5N3O. The van der Waals surface area contributed by atoms with Gasteiger partial charge in [-0.05, 0) is 61.1 Å². The summed E-state index contributed by atoms with van der Waals surface area (Å²) >= 11 is 3.06. The van der Waals surface area contributed by atoms with E-state index in [9.17, 15) is 26.7 Å². The quantitative estimate of drug-likeness (QED) is 0.557. The molecule has 0 bridgehead atoms. The Bertz CT molecular complexity index is 986. The lowest BCUT2D eigenvalue weighted by Gasteiger charge is -2.44. The molecule has 1 heterocycles. The minimum atomic E-state index is -4.91. The molecule has 0 radical (unpaired) electrons. The van der Waals surface area contributed by atoms with E-state index in [2.05, 4.69) is 26.1 Å². The summed E-state index contributed by atoms with van der Waals surface area (Å²) in [5.74, 6) is -2.73. The fraction of sp³-hybridized carbons (Fsp3) is 0.381. The fourth-order valence-corrected chi connectivity index (χ4v) is 3.98. The number of hydrogen-bond donors (Lipinski definition) is 1. The Kier molecular flexibility index (Phi) is 6.61. The summed E-state index contributed by atoms with van der Waals surface area (Å²) in [5.41, 5.74) is -1.59. The first kappa shape index (κ1) is 23.5. The number of piperazine rings is 1. The Morgan fingerprint density at radius 1 is 1.10 bits per heavy atom. The Labute approximate surface area is 185 Å². The normalized spacial score (nSPS) is 20.1. The molecule has 1 aliphatic heterocycles. The molecule has 0 aliphatic carbocycles. The number of likely N-dealkylation sites (N-methyl/N-ethyl adjacent to an activating group) is 1. The van der Waals surface area contributed by atoms with Gasteiger partial charge < -0.3 is 10.2 Å². The van der Waals surface area contributed by atoms with Crippen LogP contribution in [0.1, 0.15) is 29.8 Å². The molecule has 2 aromatic carbocycles. The third-order valence-corrected chi connectivity index (χ3v) is 6.13. The molecule has 3 rings (SSSR count). The first-order valence-corrected chi connectivity index (χ1v) is 10.3. The summed E-state index contributed by atoms with van der Waals surface area (Å²) in [6.45, 7) is 5.08. The maximum atomic E-state index is 14.3. The van der Waals surface area contributed by atoms with Crippen LogP contribution in [-0.4, -0.2) is 43.0 Å². The summed E-state index contributed by atoms with van der Waals surface area (Å²) in [5, 5.41) is 2.45. The Morgan fingerprint density at radius 3 is 2.29 bits per heavy atom. The molecule has 1 aliphatic rings. The highest BCUT2D eigenvalue weighted by atomic mass is 79.9. The van der Waals surface area contributed by atoms with Crippen LogP contribution >= 0.6 is 15.9 Å². The van der Waals surface area contributed by atoms with E-state index < -0.39 is 34.8 Å². The molecule has 1 saturated heterocycles. The van der Waals surface area contributed by atoms with Crippen molar-refractivity contribution in [1.29, 1.82) is 0 Å². The van der Waals surface area contributed by atoms with Crippen LogP contribution in [0.4, 0.5) is 33.3 Å². The van der Waals surface area contributed by atoms with Gasteiger partial charge >= 0.3 is 6.18 Å². The Morgan fingerprint density at radius 2 is 1.71 bits per heavy atom. The van der Waals surface area contributed by atoms with Gasteiger partial charge in [0, 0.05) is 31.2 Å². The van der Waals surface area contributed by atoms with Gasteiger partial charge in [0.15, 0.2) is 0 Å². The maximum Gasteiger partial charge on any atom is 0.417 e. The predicted molar refractivity (Wildman–Crippen MR) is 112 cm³/mol. The van der Waals surface area contributed by atoms with E-state index in [1.54, 1.807) is 0 Å². The molecule has 0 spiro atoms. The van der Waals surface area contributed by atoms with Crippen molar-refractivity contribution >= 4 is 33.2 Å². The fourth-order valence-electron chi connectivity index (χ4n) is 3.64. The van der Waals surface area contributed by atoms with Crippen LogP contribution < -0.4 is 10.2 Å². The van der Waals surface area contributed by atoms with Crippen molar-refractivity contribution in [3.8, 4) is 0 Å². The monoisotopic (exact) mass is 505 g/mol. The van der Waals surface area contributed by atoms with E-state index in [1.165, 1.54) is 12.1 Å². The number of benzene rings is 2. The molecule has 10 heteroatoms. The van der Waals surface area contributed by atoms with Gasteiger partial charge in [0.05, 0.1) is 27.0 Å². The third kappa shape index (κ3) is 5.01. The van der Waals surface area contributed by atoms with Crippen LogP contribution in [0, 0.1) is 11.6 Å². The SMILES string of the molecule is C[C@@H]1CN(c2cc(F)c(Br)cc2NC(=O)c2ccc(F)cc2C(F)(F)F)C[C@H](C)N1C. The topological polar surface area (TPSA) is 35.6 Å². The van der Waals surface area contributed by atoms with Gasteiger partial charge in [-0.25, -0.2) is 8.78 Å². The van der Waals surface area contributed by atoms with E-state index >= 15 is 0 Å². The second kappa shape index (κ2) is 8.74. The number of halogens is 6. The van der Waals surface area contributed by atoms with Crippen molar-refractivity contribution < 1.29 is 26.7 Å². The summed E-state index contributed by atoms with van der Waals surface area (Å²) in [6, 6.07) is 4.66. The number of carbonyl (C=O) groups excluding carboxylic acids is 1. The van der Waals surface area contributed by atoms with Crippen LogP contribution in [0.15, 0.2) is 34.8 Å². The van der Waals surface area contributed by atoms with Crippen LogP contribution in [0.25, 0.3) is 0 Å². The molecule has 4 nitrogen and oxygen atoms in total. The number of nitrogens with one attached hydrogen (secondary N) is 1. The lowest BCUT2D eigenvalue weighted by atomic mass is 10.1. The molecule has 2 aromatic rings. The molecule has 0 aromatic heterocycles. The van der Waals surface area contributed by atoms with Crippen molar-refractivity contribution in [3.63, 3.8) is 0 Å². The second-order valence-corrected chi connectivity index (χ2v) is 8.55. The highest BCUT2D eigenvalue weighted by molar-refractivity contribution is 9.10.